The molecule has 28 heavy (non-hydrogen) atoms. The van der Waals surface area contributed by atoms with Crippen LogP contribution < -0.4 is 10.1 Å². The van der Waals surface area contributed by atoms with E-state index in [4.69, 9.17) is 16.3 Å². The van der Waals surface area contributed by atoms with Gasteiger partial charge in [-0.2, -0.15) is 5.10 Å². The molecule has 0 radical (unpaired) electrons. The van der Waals surface area contributed by atoms with Gasteiger partial charge in [0.1, 0.15) is 11.4 Å². The molecule has 1 atom stereocenters. The van der Waals surface area contributed by atoms with Gasteiger partial charge in [0, 0.05) is 11.6 Å². The van der Waals surface area contributed by atoms with E-state index >= 15 is 0 Å². The third-order valence-corrected chi connectivity index (χ3v) is 5.07. The second-order valence-corrected chi connectivity index (χ2v) is 7.42. The first kappa shape index (κ1) is 20.0. The molecule has 0 aliphatic heterocycles. The first-order valence-corrected chi connectivity index (χ1v) is 9.58. The number of halogens is 1. The fraction of sp³-hybridized carbons (Fsp3) is 0.273. The topological polar surface area (TPSA) is 56.1 Å². The summed E-state index contributed by atoms with van der Waals surface area (Å²) in [5, 5.41) is 8.24. The van der Waals surface area contributed by atoms with E-state index in [0.29, 0.717) is 28.0 Å². The van der Waals surface area contributed by atoms with Crippen LogP contribution >= 0.6 is 11.6 Å². The minimum absolute atomic E-state index is 0.0300. The Morgan fingerprint density at radius 2 is 1.86 bits per heavy atom. The Labute approximate surface area is 170 Å². The second kappa shape index (κ2) is 8.48. The highest BCUT2D eigenvalue weighted by atomic mass is 35.5. The van der Waals surface area contributed by atoms with Gasteiger partial charge in [-0.15, -0.1) is 0 Å². The molecule has 1 amide bonds. The highest BCUT2D eigenvalue weighted by Crippen LogP contribution is 2.27. The molecule has 0 aliphatic rings. The molecule has 1 heterocycles. The van der Waals surface area contributed by atoms with Crippen LogP contribution in [0.4, 0.5) is 0 Å². The fourth-order valence-electron chi connectivity index (χ4n) is 2.72. The van der Waals surface area contributed by atoms with Crippen LogP contribution in [0.1, 0.15) is 31.3 Å². The third-order valence-electron chi connectivity index (χ3n) is 4.75. The molecule has 0 fully saturated rings. The minimum Gasteiger partial charge on any atom is -0.497 e. The van der Waals surface area contributed by atoms with E-state index in [2.05, 4.69) is 24.3 Å². The number of nitrogens with one attached hydrogen (secondary N) is 1. The van der Waals surface area contributed by atoms with E-state index in [1.165, 1.54) is 0 Å². The number of ether oxygens (including phenoxy) is 1. The van der Waals surface area contributed by atoms with E-state index in [1.54, 1.807) is 23.9 Å². The second-order valence-electron chi connectivity index (χ2n) is 7.02. The van der Waals surface area contributed by atoms with Crippen molar-refractivity contribution >= 4 is 17.5 Å². The molecule has 5 nitrogen and oxygen atoms in total. The molecule has 1 aromatic heterocycles. The van der Waals surface area contributed by atoms with Crippen molar-refractivity contribution in [1.29, 1.82) is 0 Å². The number of amides is 1. The van der Waals surface area contributed by atoms with Gasteiger partial charge in [-0.05, 0) is 43.2 Å². The van der Waals surface area contributed by atoms with Crippen LogP contribution in [0.5, 0.6) is 5.75 Å². The van der Waals surface area contributed by atoms with Gasteiger partial charge in [0.15, 0.2) is 0 Å². The predicted octanol–water partition coefficient (Wildman–Crippen LogP) is 4.98. The normalized spacial score (nSPS) is 12.1. The number of methoxy groups -OCH3 is 1. The summed E-state index contributed by atoms with van der Waals surface area (Å²) in [5.74, 6) is 0.852. The maximum absolute atomic E-state index is 13.0. The van der Waals surface area contributed by atoms with E-state index in [1.807, 2.05) is 49.4 Å². The average molecular weight is 398 g/mol. The first-order chi connectivity index (χ1) is 13.4. The van der Waals surface area contributed by atoms with Crippen LogP contribution in [0.15, 0.2) is 54.6 Å². The zero-order valence-corrected chi connectivity index (χ0v) is 17.2. The molecule has 0 saturated heterocycles. The molecule has 0 aliphatic carbocycles. The lowest BCUT2D eigenvalue weighted by atomic mass is 10.1. The van der Waals surface area contributed by atoms with E-state index < -0.39 is 0 Å². The predicted molar refractivity (Wildman–Crippen MR) is 112 cm³/mol. The number of carbonyl (C=O) groups excluding carboxylic acids is 1. The molecule has 0 bridgehead atoms. The van der Waals surface area contributed by atoms with Crippen LogP contribution in [0.3, 0.4) is 0 Å². The van der Waals surface area contributed by atoms with Gasteiger partial charge in [0.25, 0.3) is 5.91 Å². The number of benzene rings is 2. The Kier molecular flexibility index (Phi) is 6.05. The lowest BCUT2D eigenvalue weighted by Gasteiger charge is -2.17. The van der Waals surface area contributed by atoms with E-state index in [-0.39, 0.29) is 11.9 Å². The molecule has 3 aromatic rings. The summed E-state index contributed by atoms with van der Waals surface area (Å²) >= 11 is 6.38. The summed E-state index contributed by atoms with van der Waals surface area (Å²) in [5.41, 5.74) is 2.61. The zero-order valence-electron chi connectivity index (χ0n) is 16.4. The quantitative estimate of drug-likeness (QED) is 0.638. The van der Waals surface area contributed by atoms with Gasteiger partial charge < -0.3 is 10.1 Å². The summed E-state index contributed by atoms with van der Waals surface area (Å²) in [6, 6.07) is 16.7. The standard InChI is InChI=1S/C22H24ClN3O2/c1-14(2)15(3)24-22(27)21-13-19(16-8-7-9-17(12-16)28-4)25-26(21)20-11-6-5-10-18(20)23/h5-15H,1-4H3,(H,24,27)/t15-/m1/s1. The number of aromatic nitrogens is 2. The van der Waals surface area contributed by atoms with Crippen LogP contribution in [0, 0.1) is 5.92 Å². The molecule has 6 heteroatoms. The number of para-hydroxylation sites is 1. The van der Waals surface area contributed by atoms with Crippen molar-refractivity contribution < 1.29 is 9.53 Å². The molecule has 0 unspecified atom stereocenters. The molecule has 0 spiro atoms. The van der Waals surface area contributed by atoms with Gasteiger partial charge in [-0.25, -0.2) is 4.68 Å². The Bertz CT molecular complexity index is 981. The molecule has 146 valence electrons. The van der Waals surface area contributed by atoms with Crippen molar-refractivity contribution in [3.05, 3.63) is 65.3 Å². The van der Waals surface area contributed by atoms with E-state index in [9.17, 15) is 4.79 Å². The molecule has 0 saturated carbocycles. The van der Waals surface area contributed by atoms with Crippen LogP contribution in [-0.2, 0) is 0 Å². The van der Waals surface area contributed by atoms with Gasteiger partial charge in [0.05, 0.1) is 23.5 Å². The van der Waals surface area contributed by atoms with Crippen molar-refractivity contribution in [3.8, 4) is 22.7 Å². The van der Waals surface area contributed by atoms with Gasteiger partial charge in [0.2, 0.25) is 0 Å². The largest absolute Gasteiger partial charge is 0.497 e. The highest BCUT2D eigenvalue weighted by Gasteiger charge is 2.21. The number of hydrogen-bond donors (Lipinski definition) is 1. The lowest BCUT2D eigenvalue weighted by Crippen LogP contribution is -2.37. The Balaban J connectivity index is 2.09. The van der Waals surface area contributed by atoms with Crippen LogP contribution in [0.2, 0.25) is 5.02 Å². The Morgan fingerprint density at radius 1 is 1.11 bits per heavy atom. The number of carbonyl (C=O) groups is 1. The lowest BCUT2D eigenvalue weighted by molar-refractivity contribution is 0.0922. The maximum atomic E-state index is 13.0. The van der Waals surface area contributed by atoms with Crippen molar-refractivity contribution in [2.75, 3.05) is 7.11 Å². The SMILES string of the molecule is COc1cccc(-c2cc(C(=O)N[C@H](C)C(C)C)n(-c3ccccc3Cl)n2)c1. The van der Waals surface area contributed by atoms with Crippen molar-refractivity contribution in [2.45, 2.75) is 26.8 Å². The molecule has 3 rings (SSSR count). The number of rotatable bonds is 6. The molecular weight excluding hydrogens is 374 g/mol. The van der Waals surface area contributed by atoms with Crippen molar-refractivity contribution in [2.24, 2.45) is 5.92 Å². The maximum Gasteiger partial charge on any atom is 0.270 e. The fourth-order valence-corrected chi connectivity index (χ4v) is 2.94. The van der Waals surface area contributed by atoms with Gasteiger partial charge in [-0.1, -0.05) is 49.7 Å². The van der Waals surface area contributed by atoms with Crippen molar-refractivity contribution in [3.63, 3.8) is 0 Å². The molecule has 2 aromatic carbocycles. The van der Waals surface area contributed by atoms with Crippen LogP contribution in [0.25, 0.3) is 16.9 Å². The Hall–Kier alpha value is -2.79. The summed E-state index contributed by atoms with van der Waals surface area (Å²) in [7, 11) is 1.62. The zero-order chi connectivity index (χ0) is 20.3. The Morgan fingerprint density at radius 3 is 2.54 bits per heavy atom. The smallest absolute Gasteiger partial charge is 0.270 e. The molecular formula is C22H24ClN3O2. The number of hydrogen-bond acceptors (Lipinski definition) is 3. The first-order valence-electron chi connectivity index (χ1n) is 9.21. The number of nitrogens with zero attached hydrogens (tertiary/aromatic N) is 2. The van der Waals surface area contributed by atoms with Crippen molar-refractivity contribution in [1.82, 2.24) is 15.1 Å². The summed E-state index contributed by atoms with van der Waals surface area (Å²) in [6.45, 7) is 6.12. The van der Waals surface area contributed by atoms with Crippen LogP contribution in [-0.4, -0.2) is 28.8 Å². The monoisotopic (exact) mass is 397 g/mol. The third kappa shape index (κ3) is 4.20. The highest BCUT2D eigenvalue weighted by molar-refractivity contribution is 6.32. The van der Waals surface area contributed by atoms with Gasteiger partial charge >= 0.3 is 0 Å². The average Bonchev–Trinajstić information content (AvgIpc) is 3.13. The summed E-state index contributed by atoms with van der Waals surface area (Å²) in [6.07, 6.45) is 0. The van der Waals surface area contributed by atoms with E-state index in [0.717, 1.165) is 11.3 Å². The minimum atomic E-state index is -0.192. The summed E-state index contributed by atoms with van der Waals surface area (Å²) in [4.78, 5) is 13.0. The summed E-state index contributed by atoms with van der Waals surface area (Å²) < 4.78 is 6.91. The molecule has 1 N–H and O–H groups in total. The van der Waals surface area contributed by atoms with Gasteiger partial charge in [-0.3, -0.25) is 4.79 Å².